The molecule has 2 nitrogen and oxygen atoms in total. The zero-order valence-electron chi connectivity index (χ0n) is 13.7. The van der Waals surface area contributed by atoms with Gasteiger partial charge in [-0.15, -0.1) is 0 Å². The van der Waals surface area contributed by atoms with E-state index in [0.29, 0.717) is 16.7 Å². The third kappa shape index (κ3) is 1.70. The lowest BCUT2D eigenvalue weighted by Gasteiger charge is -2.53. The van der Waals surface area contributed by atoms with Crippen molar-refractivity contribution in [1.29, 1.82) is 0 Å². The summed E-state index contributed by atoms with van der Waals surface area (Å²) in [7, 11) is 0. The van der Waals surface area contributed by atoms with Gasteiger partial charge in [-0.2, -0.15) is 0 Å². The van der Waals surface area contributed by atoms with Gasteiger partial charge >= 0.3 is 0 Å². The van der Waals surface area contributed by atoms with Crippen molar-refractivity contribution >= 4 is 0 Å². The highest BCUT2D eigenvalue weighted by molar-refractivity contribution is 5.16. The molecule has 0 amide bonds. The molecule has 0 saturated heterocycles. The van der Waals surface area contributed by atoms with E-state index >= 15 is 0 Å². The largest absolute Gasteiger partial charge is 0.390 e. The first kappa shape index (κ1) is 14.8. The van der Waals surface area contributed by atoms with E-state index in [9.17, 15) is 5.11 Å². The Hall–Kier alpha value is -0.0800. The maximum Gasteiger partial charge on any atom is 0.0973 e. The van der Waals surface area contributed by atoms with E-state index in [4.69, 9.17) is 4.74 Å². The van der Waals surface area contributed by atoms with Crippen molar-refractivity contribution in [3.63, 3.8) is 0 Å². The first-order valence-corrected chi connectivity index (χ1v) is 8.70. The maximum atomic E-state index is 10.8. The van der Waals surface area contributed by atoms with Crippen molar-refractivity contribution in [2.24, 2.45) is 22.7 Å². The van der Waals surface area contributed by atoms with Crippen molar-refractivity contribution in [2.45, 2.75) is 84.3 Å². The van der Waals surface area contributed by atoms with E-state index in [2.05, 4.69) is 27.7 Å². The third-order valence-corrected chi connectivity index (χ3v) is 7.66. The first-order chi connectivity index (χ1) is 9.38. The van der Waals surface area contributed by atoms with E-state index in [1.54, 1.807) is 0 Å². The number of hydrogen-bond donors (Lipinski definition) is 1. The summed E-state index contributed by atoms with van der Waals surface area (Å²) in [5.41, 5.74) is 0.484. The lowest BCUT2D eigenvalue weighted by Crippen LogP contribution is -2.57. The van der Waals surface area contributed by atoms with Crippen LogP contribution in [0.5, 0.6) is 0 Å². The van der Waals surface area contributed by atoms with Crippen LogP contribution in [0.25, 0.3) is 0 Å². The molecule has 20 heavy (non-hydrogen) atoms. The Kier molecular flexibility index (Phi) is 3.49. The fourth-order valence-electron chi connectivity index (χ4n) is 6.04. The molecule has 2 heteroatoms. The molecule has 3 fully saturated rings. The molecule has 0 radical (unpaired) electrons. The summed E-state index contributed by atoms with van der Waals surface area (Å²) >= 11 is 0. The van der Waals surface area contributed by atoms with Crippen LogP contribution in [0.3, 0.4) is 0 Å². The summed E-state index contributed by atoms with van der Waals surface area (Å²) in [5, 5.41) is 10.8. The Labute approximate surface area is 124 Å². The molecule has 0 spiro atoms. The van der Waals surface area contributed by atoms with Gasteiger partial charge in [-0.3, -0.25) is 0 Å². The predicted molar refractivity (Wildman–Crippen MR) is 81.6 cm³/mol. The van der Waals surface area contributed by atoms with Gasteiger partial charge in [0.15, 0.2) is 0 Å². The lowest BCUT2D eigenvalue weighted by atomic mass is 9.58. The number of rotatable bonds is 3. The van der Waals surface area contributed by atoms with E-state index in [-0.39, 0.29) is 11.7 Å². The van der Waals surface area contributed by atoms with Crippen LogP contribution in [0.15, 0.2) is 0 Å². The van der Waals surface area contributed by atoms with Crippen molar-refractivity contribution in [2.75, 3.05) is 6.61 Å². The number of aliphatic hydroxyl groups is 1. The Balaban J connectivity index is 1.97. The predicted octanol–water partition coefficient (Wildman–Crippen LogP) is 4.16. The minimum absolute atomic E-state index is 0.256. The molecule has 3 saturated carbocycles. The molecule has 3 rings (SSSR count). The second-order valence-electron chi connectivity index (χ2n) is 8.31. The van der Waals surface area contributed by atoms with Gasteiger partial charge < -0.3 is 9.84 Å². The summed E-state index contributed by atoms with van der Waals surface area (Å²) in [6.07, 6.45) is 8.06. The molecule has 2 bridgehead atoms. The highest BCUT2D eigenvalue weighted by atomic mass is 16.5. The normalized spacial score (nSPS) is 50.5. The molecule has 0 aromatic heterocycles. The molecule has 3 aliphatic rings. The van der Waals surface area contributed by atoms with Gasteiger partial charge in [-0.1, -0.05) is 33.6 Å². The van der Waals surface area contributed by atoms with Gasteiger partial charge in [-0.25, -0.2) is 0 Å². The van der Waals surface area contributed by atoms with Crippen molar-refractivity contribution in [1.82, 2.24) is 0 Å². The highest BCUT2D eigenvalue weighted by Crippen LogP contribution is 2.71. The second-order valence-corrected chi connectivity index (χ2v) is 8.31. The van der Waals surface area contributed by atoms with E-state index < -0.39 is 0 Å². The van der Waals surface area contributed by atoms with Crippen LogP contribution in [0.4, 0.5) is 0 Å². The van der Waals surface area contributed by atoms with Gasteiger partial charge in [-0.05, 0) is 61.7 Å². The van der Waals surface area contributed by atoms with Crippen LogP contribution in [0, 0.1) is 22.7 Å². The van der Waals surface area contributed by atoms with Crippen molar-refractivity contribution < 1.29 is 9.84 Å². The SMILES string of the molecule is CCOC1([C@@H]2C[C@H]3CC[C@]2(C)C3(C)C)CCCCC1O. The van der Waals surface area contributed by atoms with Gasteiger partial charge in [0.1, 0.15) is 0 Å². The van der Waals surface area contributed by atoms with Gasteiger partial charge in [0, 0.05) is 6.61 Å². The molecule has 0 aliphatic heterocycles. The van der Waals surface area contributed by atoms with Crippen molar-refractivity contribution in [3.8, 4) is 0 Å². The minimum atomic E-state index is -0.256. The number of hydrogen-bond acceptors (Lipinski definition) is 2. The van der Waals surface area contributed by atoms with Crippen LogP contribution in [-0.2, 0) is 4.74 Å². The molecule has 0 aromatic carbocycles. The van der Waals surface area contributed by atoms with Gasteiger partial charge in [0.25, 0.3) is 0 Å². The van der Waals surface area contributed by atoms with Gasteiger partial charge in [0.05, 0.1) is 11.7 Å². The lowest BCUT2D eigenvalue weighted by molar-refractivity contribution is -0.198. The molecular weight excluding hydrogens is 248 g/mol. The quantitative estimate of drug-likeness (QED) is 0.841. The summed E-state index contributed by atoms with van der Waals surface area (Å²) in [4.78, 5) is 0. The molecule has 0 heterocycles. The van der Waals surface area contributed by atoms with Crippen LogP contribution in [0.1, 0.15) is 72.6 Å². The minimum Gasteiger partial charge on any atom is -0.390 e. The summed E-state index contributed by atoms with van der Waals surface area (Å²) in [6.45, 7) is 10.2. The standard InChI is InChI=1S/C18H32O2/c1-5-20-18(10-7-6-8-15(18)19)14-12-13-9-11-17(14,4)16(13,2)3/h13-15,19H,5-12H2,1-4H3/t13-,14-,15?,17+,18?/m1/s1. The number of fused-ring (bicyclic) bond motifs is 2. The Morgan fingerprint density at radius 3 is 2.35 bits per heavy atom. The van der Waals surface area contributed by atoms with E-state index in [0.717, 1.165) is 31.8 Å². The Morgan fingerprint density at radius 2 is 1.85 bits per heavy atom. The fraction of sp³-hybridized carbons (Fsp3) is 1.00. The smallest absolute Gasteiger partial charge is 0.0973 e. The average molecular weight is 280 g/mol. The second kappa shape index (κ2) is 4.71. The van der Waals surface area contributed by atoms with E-state index in [1.807, 2.05) is 0 Å². The zero-order chi connectivity index (χ0) is 14.6. The zero-order valence-corrected chi connectivity index (χ0v) is 13.7. The average Bonchev–Trinajstić information content (AvgIpc) is 2.74. The monoisotopic (exact) mass is 280 g/mol. The van der Waals surface area contributed by atoms with Crippen LogP contribution >= 0.6 is 0 Å². The molecule has 5 atom stereocenters. The third-order valence-electron chi connectivity index (χ3n) is 7.66. The summed E-state index contributed by atoms with van der Waals surface area (Å²) in [5.74, 6) is 1.36. The van der Waals surface area contributed by atoms with Crippen LogP contribution < -0.4 is 0 Å². The van der Waals surface area contributed by atoms with Crippen LogP contribution in [-0.4, -0.2) is 23.4 Å². The number of ether oxygens (including phenoxy) is 1. The maximum absolute atomic E-state index is 10.8. The van der Waals surface area contributed by atoms with E-state index in [1.165, 1.54) is 25.7 Å². The first-order valence-electron chi connectivity index (χ1n) is 8.70. The molecular formula is C18H32O2. The summed E-state index contributed by atoms with van der Waals surface area (Å²) < 4.78 is 6.33. The molecule has 3 aliphatic carbocycles. The molecule has 0 aromatic rings. The highest BCUT2D eigenvalue weighted by Gasteiger charge is 2.67. The topological polar surface area (TPSA) is 29.5 Å². The molecule has 2 unspecified atom stereocenters. The molecule has 116 valence electrons. The number of aliphatic hydroxyl groups excluding tert-OH is 1. The summed E-state index contributed by atoms with van der Waals surface area (Å²) in [6, 6.07) is 0. The Bertz CT molecular complexity index is 374. The fourth-order valence-corrected chi connectivity index (χ4v) is 6.04. The molecule has 1 N–H and O–H groups in total. The van der Waals surface area contributed by atoms with Gasteiger partial charge in [0.2, 0.25) is 0 Å². The Morgan fingerprint density at radius 1 is 1.10 bits per heavy atom. The van der Waals surface area contributed by atoms with Crippen molar-refractivity contribution in [3.05, 3.63) is 0 Å². The van der Waals surface area contributed by atoms with Crippen LogP contribution in [0.2, 0.25) is 0 Å².